The fraction of sp³-hybridized carbons (Fsp3) is 0.333. The Labute approximate surface area is 98.3 Å². The fourth-order valence-corrected chi connectivity index (χ4v) is 1.02. The van der Waals surface area contributed by atoms with Crippen LogP contribution < -0.4 is 5.32 Å². The smallest absolute Gasteiger partial charge is 0.448 e. The topological polar surface area (TPSA) is 88.8 Å². The molecule has 2 N–H and O–H groups in total. The zero-order chi connectivity index (χ0) is 14.0. The summed E-state index contributed by atoms with van der Waals surface area (Å²) in [6, 6.07) is 2.31. The predicted molar refractivity (Wildman–Crippen MR) is 49.2 cm³/mol. The van der Waals surface area contributed by atoms with Crippen molar-refractivity contribution in [2.24, 2.45) is 0 Å². The lowest BCUT2D eigenvalue weighted by molar-refractivity contribution is -0.268. The maximum atomic E-state index is 12.5. The van der Waals surface area contributed by atoms with Gasteiger partial charge in [-0.2, -0.15) is 13.2 Å². The van der Waals surface area contributed by atoms with Gasteiger partial charge in [0.25, 0.3) is 5.91 Å². The number of hydrogen-bond donors (Lipinski definition) is 2. The minimum Gasteiger partial charge on any atom is -0.465 e. The summed E-state index contributed by atoms with van der Waals surface area (Å²) in [5.41, 5.74) is -4.13. The normalized spacial score (nSPS) is 14.7. The molecular weight excluding hydrogens is 259 g/mol. The fourth-order valence-electron chi connectivity index (χ4n) is 1.02. The molecule has 100 valence electrons. The van der Waals surface area contributed by atoms with Crippen molar-refractivity contribution in [2.45, 2.75) is 11.9 Å². The van der Waals surface area contributed by atoms with Crippen LogP contribution in [0, 0.1) is 0 Å². The molecule has 0 bridgehead atoms. The van der Waals surface area contributed by atoms with E-state index in [0.717, 1.165) is 17.6 Å². The second-order valence-corrected chi connectivity index (χ2v) is 3.13. The Kier molecular flexibility index (Phi) is 3.65. The van der Waals surface area contributed by atoms with Gasteiger partial charge < -0.3 is 19.6 Å². The molecule has 9 heteroatoms. The van der Waals surface area contributed by atoms with E-state index in [4.69, 9.17) is 0 Å². The van der Waals surface area contributed by atoms with Gasteiger partial charge in [0.1, 0.15) is 0 Å². The molecule has 0 radical (unpaired) electrons. The Bertz CT molecular complexity index is 442. The van der Waals surface area contributed by atoms with Crippen LogP contribution in [-0.2, 0) is 9.53 Å². The van der Waals surface area contributed by atoms with Crippen molar-refractivity contribution in [1.29, 1.82) is 0 Å². The molecule has 0 aliphatic rings. The summed E-state index contributed by atoms with van der Waals surface area (Å²) in [5, 5.41) is 10.3. The number of carbonyl (C=O) groups excluding carboxylic acids is 2. The number of methoxy groups -OCH3 is 1. The van der Waals surface area contributed by atoms with Crippen LogP contribution in [0.25, 0.3) is 0 Å². The molecule has 0 aliphatic carbocycles. The summed E-state index contributed by atoms with van der Waals surface area (Å²) in [7, 11) is 0.637. The molecular formula is C9H8F3NO5. The molecule has 0 saturated carbocycles. The number of hydrogen-bond acceptors (Lipinski definition) is 5. The van der Waals surface area contributed by atoms with Gasteiger partial charge in [0.15, 0.2) is 5.76 Å². The quantitative estimate of drug-likeness (QED) is 0.612. The first-order valence-electron chi connectivity index (χ1n) is 4.46. The van der Waals surface area contributed by atoms with Crippen LogP contribution in [0.4, 0.5) is 13.2 Å². The van der Waals surface area contributed by atoms with Crippen LogP contribution in [-0.4, -0.2) is 36.0 Å². The minimum absolute atomic E-state index is 0.499. The Morgan fingerprint density at radius 2 is 2.06 bits per heavy atom. The third kappa shape index (κ3) is 2.45. The number of esters is 1. The molecule has 6 nitrogen and oxygen atoms in total. The van der Waals surface area contributed by atoms with E-state index in [9.17, 15) is 27.9 Å². The zero-order valence-corrected chi connectivity index (χ0v) is 8.95. The molecule has 1 rings (SSSR count). The number of nitrogens with one attached hydrogen (secondary N) is 1. The summed E-state index contributed by atoms with van der Waals surface area (Å²) in [6.07, 6.45) is -4.40. The standard InChI is InChI=1S/C9H8F3NO5/c1-17-7(15)8(16,9(10,11)12)13-6(14)5-3-2-4-18-5/h2-4,16H,1H3,(H,13,14)/t8-/m1/s1. The highest BCUT2D eigenvalue weighted by Gasteiger charge is 2.62. The van der Waals surface area contributed by atoms with Crippen LogP contribution in [0.3, 0.4) is 0 Å². The van der Waals surface area contributed by atoms with Gasteiger partial charge in [-0.15, -0.1) is 0 Å². The van der Waals surface area contributed by atoms with E-state index in [2.05, 4.69) is 9.15 Å². The molecule has 1 heterocycles. The van der Waals surface area contributed by atoms with E-state index in [1.165, 1.54) is 6.07 Å². The van der Waals surface area contributed by atoms with E-state index < -0.39 is 29.5 Å². The summed E-state index contributed by atoms with van der Waals surface area (Å²) in [4.78, 5) is 22.3. The van der Waals surface area contributed by atoms with E-state index >= 15 is 0 Å². The Hall–Kier alpha value is -2.03. The summed E-state index contributed by atoms with van der Waals surface area (Å²) in [5.74, 6) is -3.97. The first-order valence-corrected chi connectivity index (χ1v) is 4.46. The van der Waals surface area contributed by atoms with Gasteiger partial charge in [-0.25, -0.2) is 4.79 Å². The third-order valence-electron chi connectivity index (χ3n) is 1.93. The minimum atomic E-state index is -5.44. The first-order chi connectivity index (χ1) is 8.22. The first kappa shape index (κ1) is 14.0. The zero-order valence-electron chi connectivity index (χ0n) is 8.95. The molecule has 0 saturated heterocycles. The second-order valence-electron chi connectivity index (χ2n) is 3.13. The van der Waals surface area contributed by atoms with Crippen LogP contribution in [0.2, 0.25) is 0 Å². The monoisotopic (exact) mass is 267 g/mol. The Morgan fingerprint density at radius 3 is 2.44 bits per heavy atom. The van der Waals surface area contributed by atoms with Crippen molar-refractivity contribution >= 4 is 11.9 Å². The molecule has 1 aromatic heterocycles. The van der Waals surface area contributed by atoms with Crippen molar-refractivity contribution in [2.75, 3.05) is 7.11 Å². The van der Waals surface area contributed by atoms with Crippen LogP contribution >= 0.6 is 0 Å². The highest BCUT2D eigenvalue weighted by atomic mass is 19.4. The lowest BCUT2D eigenvalue weighted by atomic mass is 10.2. The van der Waals surface area contributed by atoms with Gasteiger partial charge in [0, 0.05) is 0 Å². The molecule has 0 aromatic carbocycles. The van der Waals surface area contributed by atoms with Crippen LogP contribution in [0.5, 0.6) is 0 Å². The molecule has 0 fully saturated rings. The van der Waals surface area contributed by atoms with Gasteiger partial charge in [-0.3, -0.25) is 4.79 Å². The SMILES string of the molecule is COC(=O)[C@](O)(NC(=O)c1ccco1)C(F)(F)F. The number of alkyl halides is 3. The number of furan rings is 1. The van der Waals surface area contributed by atoms with Crippen molar-refractivity contribution in [3.8, 4) is 0 Å². The van der Waals surface area contributed by atoms with Crippen molar-refractivity contribution in [3.05, 3.63) is 24.2 Å². The Balaban J connectivity index is 3.00. The van der Waals surface area contributed by atoms with Gasteiger partial charge in [-0.1, -0.05) is 0 Å². The van der Waals surface area contributed by atoms with E-state index in [1.807, 2.05) is 0 Å². The van der Waals surface area contributed by atoms with Gasteiger partial charge in [0.2, 0.25) is 0 Å². The molecule has 0 spiro atoms. The average molecular weight is 267 g/mol. The lowest BCUT2D eigenvalue weighted by Crippen LogP contribution is -2.64. The maximum Gasteiger partial charge on any atom is 0.448 e. The summed E-state index contributed by atoms with van der Waals surface area (Å²) < 4.78 is 46.0. The van der Waals surface area contributed by atoms with E-state index in [-0.39, 0.29) is 0 Å². The van der Waals surface area contributed by atoms with Crippen molar-refractivity contribution < 1.29 is 37.0 Å². The highest BCUT2D eigenvalue weighted by molar-refractivity contribution is 5.95. The van der Waals surface area contributed by atoms with E-state index in [0.29, 0.717) is 7.11 Å². The molecule has 1 atom stereocenters. The largest absolute Gasteiger partial charge is 0.465 e. The van der Waals surface area contributed by atoms with E-state index in [1.54, 1.807) is 0 Å². The highest BCUT2D eigenvalue weighted by Crippen LogP contribution is 2.29. The third-order valence-corrected chi connectivity index (χ3v) is 1.93. The van der Waals surface area contributed by atoms with Crippen LogP contribution in [0.15, 0.2) is 22.8 Å². The van der Waals surface area contributed by atoms with Crippen molar-refractivity contribution in [3.63, 3.8) is 0 Å². The Morgan fingerprint density at radius 1 is 1.44 bits per heavy atom. The molecule has 0 aliphatic heterocycles. The second kappa shape index (κ2) is 4.69. The number of ether oxygens (including phenoxy) is 1. The molecule has 1 amide bonds. The molecule has 18 heavy (non-hydrogen) atoms. The summed E-state index contributed by atoms with van der Waals surface area (Å²) >= 11 is 0. The van der Waals surface area contributed by atoms with Gasteiger partial charge in [0.05, 0.1) is 13.4 Å². The number of amides is 1. The number of rotatable bonds is 3. The number of halogens is 3. The number of carbonyl (C=O) groups is 2. The van der Waals surface area contributed by atoms with Crippen molar-refractivity contribution in [1.82, 2.24) is 5.32 Å². The molecule has 0 unspecified atom stereocenters. The average Bonchev–Trinajstić information content (AvgIpc) is 2.79. The maximum absolute atomic E-state index is 12.5. The predicted octanol–water partition coefficient (Wildman–Crippen LogP) is 0.433. The lowest BCUT2D eigenvalue weighted by Gasteiger charge is -2.27. The number of aliphatic hydroxyl groups is 1. The van der Waals surface area contributed by atoms with Crippen LogP contribution in [0.1, 0.15) is 10.6 Å². The summed E-state index contributed by atoms with van der Waals surface area (Å²) in [6.45, 7) is 0. The molecule has 1 aromatic rings. The van der Waals surface area contributed by atoms with Gasteiger partial charge >= 0.3 is 17.9 Å². The van der Waals surface area contributed by atoms with Gasteiger partial charge in [-0.05, 0) is 12.1 Å².